The first-order chi connectivity index (χ1) is 12.0. The maximum absolute atomic E-state index is 11.8. The van der Waals surface area contributed by atoms with Gasteiger partial charge in [-0.1, -0.05) is 54.6 Å². The van der Waals surface area contributed by atoms with Crippen LogP contribution in [0.15, 0.2) is 60.7 Å². The van der Waals surface area contributed by atoms with Crippen molar-refractivity contribution in [1.29, 1.82) is 0 Å². The Morgan fingerprint density at radius 3 is 2.28 bits per heavy atom. The molecule has 0 heterocycles. The van der Waals surface area contributed by atoms with Gasteiger partial charge < -0.3 is 15.5 Å². The first-order valence-corrected chi connectivity index (χ1v) is 7.79. The average Bonchev–Trinajstić information content (AvgIpc) is 2.60. The third kappa shape index (κ3) is 3.17. The number of aromatic carboxylic acids is 1. The lowest BCUT2D eigenvalue weighted by Crippen LogP contribution is -2.27. The molecule has 1 amide bonds. The van der Waals surface area contributed by atoms with Gasteiger partial charge in [-0.3, -0.25) is 4.79 Å². The summed E-state index contributed by atoms with van der Waals surface area (Å²) in [5.74, 6) is -1.84. The molecule has 25 heavy (non-hydrogen) atoms. The van der Waals surface area contributed by atoms with Crippen LogP contribution in [0.3, 0.4) is 0 Å². The van der Waals surface area contributed by atoms with Crippen LogP contribution < -0.4 is 5.32 Å². The van der Waals surface area contributed by atoms with Crippen LogP contribution in [0.2, 0.25) is 0 Å². The molecule has 0 spiro atoms. The summed E-state index contributed by atoms with van der Waals surface area (Å²) in [6.07, 6.45) is 0. The Labute approximate surface area is 144 Å². The summed E-state index contributed by atoms with van der Waals surface area (Å²) in [5, 5.41) is 24.3. The Kier molecular flexibility index (Phi) is 4.39. The van der Waals surface area contributed by atoms with E-state index >= 15 is 0 Å². The number of carbonyl (C=O) groups excluding carboxylic acids is 1. The Bertz CT molecular complexity index is 951. The minimum Gasteiger partial charge on any atom is -0.507 e. The lowest BCUT2D eigenvalue weighted by molar-refractivity contribution is -0.119. The SMILES string of the molecule is CC(=O)N[C@@H](c1ccccc1)c1c(O)c(C(=O)O)cc2ccccc12. The molecule has 0 aliphatic carbocycles. The molecule has 0 saturated carbocycles. The highest BCUT2D eigenvalue weighted by molar-refractivity contribution is 6.00. The van der Waals surface area contributed by atoms with E-state index in [1.54, 1.807) is 18.2 Å². The first kappa shape index (κ1) is 16.5. The zero-order valence-corrected chi connectivity index (χ0v) is 13.6. The number of fused-ring (bicyclic) bond motifs is 1. The van der Waals surface area contributed by atoms with Gasteiger partial charge in [-0.2, -0.15) is 0 Å². The van der Waals surface area contributed by atoms with Crippen LogP contribution in [0.5, 0.6) is 5.75 Å². The van der Waals surface area contributed by atoms with Gasteiger partial charge in [0.1, 0.15) is 11.3 Å². The van der Waals surface area contributed by atoms with Crippen molar-refractivity contribution in [3.05, 3.63) is 77.4 Å². The van der Waals surface area contributed by atoms with Crippen molar-refractivity contribution in [2.24, 2.45) is 0 Å². The first-order valence-electron chi connectivity index (χ1n) is 7.79. The van der Waals surface area contributed by atoms with E-state index in [0.717, 1.165) is 5.56 Å². The van der Waals surface area contributed by atoms with Crippen molar-refractivity contribution in [3.63, 3.8) is 0 Å². The fourth-order valence-electron chi connectivity index (χ4n) is 2.99. The van der Waals surface area contributed by atoms with Crippen molar-refractivity contribution in [2.45, 2.75) is 13.0 Å². The molecule has 5 nitrogen and oxygen atoms in total. The van der Waals surface area contributed by atoms with E-state index < -0.39 is 12.0 Å². The Hall–Kier alpha value is -3.34. The summed E-state index contributed by atoms with van der Waals surface area (Å²) in [5.41, 5.74) is 0.928. The summed E-state index contributed by atoms with van der Waals surface area (Å²) < 4.78 is 0. The molecule has 0 radical (unpaired) electrons. The van der Waals surface area contributed by atoms with Crippen LogP contribution >= 0.6 is 0 Å². The summed E-state index contributed by atoms with van der Waals surface area (Å²) in [4.78, 5) is 23.3. The second-order valence-electron chi connectivity index (χ2n) is 5.76. The number of phenols is 1. The smallest absolute Gasteiger partial charge is 0.339 e. The molecule has 3 N–H and O–H groups in total. The van der Waals surface area contributed by atoms with Crippen molar-refractivity contribution < 1.29 is 19.8 Å². The van der Waals surface area contributed by atoms with E-state index in [-0.39, 0.29) is 17.2 Å². The highest BCUT2D eigenvalue weighted by Crippen LogP contribution is 2.38. The predicted octanol–water partition coefficient (Wildman–Crippen LogP) is 3.47. The molecule has 0 aromatic heterocycles. The lowest BCUT2D eigenvalue weighted by Gasteiger charge is -2.23. The number of hydrogen-bond acceptors (Lipinski definition) is 3. The quantitative estimate of drug-likeness (QED) is 0.681. The molecular weight excluding hydrogens is 318 g/mol. The summed E-state index contributed by atoms with van der Waals surface area (Å²) in [6.45, 7) is 1.39. The van der Waals surface area contributed by atoms with E-state index in [0.29, 0.717) is 16.3 Å². The standard InChI is InChI=1S/C20H17NO4/c1-12(22)21-18(13-7-3-2-4-8-13)17-15-10-6-5-9-14(15)11-16(19(17)23)20(24)25/h2-11,18,23H,1H3,(H,21,22)(H,24,25)/t18-/m0/s1. The van der Waals surface area contributed by atoms with Gasteiger partial charge in [0, 0.05) is 12.5 Å². The summed E-state index contributed by atoms with van der Waals surface area (Å²) >= 11 is 0. The van der Waals surface area contributed by atoms with Crippen molar-refractivity contribution in [1.82, 2.24) is 5.32 Å². The summed E-state index contributed by atoms with van der Waals surface area (Å²) in [6, 6.07) is 17.1. The van der Waals surface area contributed by atoms with E-state index in [1.807, 2.05) is 36.4 Å². The molecule has 0 unspecified atom stereocenters. The highest BCUT2D eigenvalue weighted by Gasteiger charge is 2.25. The van der Waals surface area contributed by atoms with Crippen LogP contribution in [0, 0.1) is 0 Å². The van der Waals surface area contributed by atoms with Crippen LogP contribution in [0.25, 0.3) is 10.8 Å². The Balaban J connectivity index is 2.35. The summed E-state index contributed by atoms with van der Waals surface area (Å²) in [7, 11) is 0. The largest absolute Gasteiger partial charge is 0.507 e. The number of rotatable bonds is 4. The third-order valence-electron chi connectivity index (χ3n) is 4.06. The molecule has 3 rings (SSSR count). The molecule has 0 aliphatic rings. The maximum atomic E-state index is 11.8. The van der Waals surface area contributed by atoms with Crippen LogP contribution in [-0.2, 0) is 4.79 Å². The van der Waals surface area contributed by atoms with Crippen molar-refractivity contribution in [2.75, 3.05) is 0 Å². The molecule has 3 aromatic carbocycles. The number of nitrogens with one attached hydrogen (secondary N) is 1. The average molecular weight is 335 g/mol. The minimum absolute atomic E-state index is 0.194. The highest BCUT2D eigenvalue weighted by atomic mass is 16.4. The van der Waals surface area contributed by atoms with Crippen LogP contribution in [0.1, 0.15) is 34.5 Å². The van der Waals surface area contributed by atoms with Gasteiger partial charge in [0.05, 0.1) is 6.04 Å². The van der Waals surface area contributed by atoms with Crippen LogP contribution in [-0.4, -0.2) is 22.1 Å². The number of carboxylic acid groups (broad SMARTS) is 1. The zero-order valence-electron chi connectivity index (χ0n) is 13.6. The van der Waals surface area contributed by atoms with Gasteiger partial charge in [0.25, 0.3) is 0 Å². The second kappa shape index (κ2) is 6.65. The number of amides is 1. The zero-order chi connectivity index (χ0) is 18.0. The maximum Gasteiger partial charge on any atom is 0.339 e. The van der Waals surface area contributed by atoms with Gasteiger partial charge in [-0.15, -0.1) is 0 Å². The molecule has 0 fully saturated rings. The molecule has 5 heteroatoms. The van der Waals surface area contributed by atoms with Gasteiger partial charge in [0.15, 0.2) is 0 Å². The Morgan fingerprint density at radius 1 is 1.00 bits per heavy atom. The van der Waals surface area contributed by atoms with E-state index in [2.05, 4.69) is 5.32 Å². The third-order valence-corrected chi connectivity index (χ3v) is 4.06. The molecule has 1 atom stereocenters. The van der Waals surface area contributed by atoms with Gasteiger partial charge in [-0.05, 0) is 22.4 Å². The van der Waals surface area contributed by atoms with E-state index in [9.17, 15) is 19.8 Å². The van der Waals surface area contributed by atoms with Gasteiger partial charge in [-0.25, -0.2) is 4.79 Å². The Morgan fingerprint density at radius 2 is 1.64 bits per heavy atom. The topological polar surface area (TPSA) is 86.6 Å². The minimum atomic E-state index is -1.22. The fourth-order valence-corrected chi connectivity index (χ4v) is 2.99. The van der Waals surface area contributed by atoms with Crippen molar-refractivity contribution in [3.8, 4) is 5.75 Å². The number of hydrogen-bond donors (Lipinski definition) is 3. The van der Waals surface area contributed by atoms with E-state index in [1.165, 1.54) is 13.0 Å². The number of aromatic hydroxyl groups is 1. The lowest BCUT2D eigenvalue weighted by atomic mass is 9.90. The fraction of sp³-hybridized carbons (Fsp3) is 0.100. The molecular formula is C20H17NO4. The van der Waals surface area contributed by atoms with Crippen LogP contribution in [0.4, 0.5) is 0 Å². The number of carbonyl (C=O) groups is 2. The molecule has 0 aliphatic heterocycles. The van der Waals surface area contributed by atoms with Crippen molar-refractivity contribution >= 4 is 22.6 Å². The molecule has 3 aromatic rings. The molecule has 126 valence electrons. The predicted molar refractivity (Wildman–Crippen MR) is 94.7 cm³/mol. The number of carboxylic acids is 1. The second-order valence-corrected chi connectivity index (χ2v) is 5.76. The molecule has 0 saturated heterocycles. The number of benzene rings is 3. The van der Waals surface area contributed by atoms with Gasteiger partial charge >= 0.3 is 5.97 Å². The molecule has 0 bridgehead atoms. The van der Waals surface area contributed by atoms with E-state index in [4.69, 9.17) is 0 Å². The van der Waals surface area contributed by atoms with Gasteiger partial charge in [0.2, 0.25) is 5.91 Å². The monoisotopic (exact) mass is 335 g/mol. The normalized spacial score (nSPS) is 11.9.